The summed E-state index contributed by atoms with van der Waals surface area (Å²) in [5.74, 6) is 0.689. The number of carbonyl (C=O) groups is 4. The van der Waals surface area contributed by atoms with Crippen molar-refractivity contribution in [2.75, 3.05) is 20.2 Å². The Bertz CT molecular complexity index is 2760. The van der Waals surface area contributed by atoms with E-state index in [9.17, 15) is 24.3 Å². The van der Waals surface area contributed by atoms with Crippen LogP contribution in [0.5, 0.6) is 0 Å². The number of nitrogens with zero attached hydrogens (tertiary/aromatic N) is 5. The Morgan fingerprint density at radius 1 is 0.662 bits per heavy atom. The van der Waals surface area contributed by atoms with Gasteiger partial charge in [0.1, 0.15) is 23.7 Å². The molecule has 15 heteroatoms. The van der Waals surface area contributed by atoms with E-state index in [1.165, 1.54) is 12.7 Å². The van der Waals surface area contributed by atoms with Crippen LogP contribution in [0.3, 0.4) is 0 Å². The van der Waals surface area contributed by atoms with Crippen molar-refractivity contribution in [3.63, 3.8) is 0 Å². The van der Waals surface area contributed by atoms with Crippen LogP contribution < -0.4 is 10.6 Å². The van der Waals surface area contributed by atoms with Crippen LogP contribution in [-0.2, 0) is 19.7 Å². The Kier molecular flexibility index (Phi) is 13.6. The fraction of sp³-hybridized carbons (Fsp3) is 0.396. The van der Waals surface area contributed by atoms with Crippen LogP contribution in [0, 0.1) is 11.8 Å². The number of alkyl carbamates (subject to hydrolysis) is 1. The number of nitrogens with one attached hydrogen (secondary N) is 4. The molecule has 356 valence electrons. The molecule has 0 saturated carbocycles. The maximum Gasteiger partial charge on any atom is 0.407 e. The summed E-state index contributed by atoms with van der Waals surface area (Å²) in [4.78, 5) is 71.1. The third-order valence-corrected chi connectivity index (χ3v) is 13.3. The molecule has 4 amide bonds. The number of hydrogen-bond acceptors (Lipinski definition) is 7. The molecule has 3 aromatic heterocycles. The van der Waals surface area contributed by atoms with Gasteiger partial charge in [0.25, 0.3) is 0 Å². The molecule has 2 aliphatic rings. The third-order valence-electron chi connectivity index (χ3n) is 13.3. The Balaban J connectivity index is 1.06. The second-order valence-electron chi connectivity index (χ2n) is 19.6. The van der Waals surface area contributed by atoms with E-state index < -0.39 is 24.3 Å². The number of aromatic amines is 2. The van der Waals surface area contributed by atoms with E-state index in [2.05, 4.69) is 131 Å². The lowest BCUT2D eigenvalue weighted by atomic mass is 9.85. The maximum absolute atomic E-state index is 13.7. The quantitative estimate of drug-likeness (QED) is 0.0756. The number of ether oxygens (including phenoxy) is 1. The molecule has 2 saturated heterocycles. The number of carboxylic acid groups (broad SMARTS) is 1. The van der Waals surface area contributed by atoms with Gasteiger partial charge in [0.2, 0.25) is 11.8 Å². The normalized spacial score (nSPS) is 17.1. The average Bonchev–Trinajstić information content (AvgIpc) is 4.18. The number of methoxy groups -OCH3 is 1. The van der Waals surface area contributed by atoms with Crippen molar-refractivity contribution in [2.24, 2.45) is 11.8 Å². The Labute approximate surface area is 397 Å². The summed E-state index contributed by atoms with van der Waals surface area (Å²) in [6.07, 6.45) is 5.05. The van der Waals surface area contributed by atoms with Gasteiger partial charge in [-0.25, -0.2) is 19.6 Å². The predicted molar refractivity (Wildman–Crippen MR) is 262 cm³/mol. The molecular formula is C53H63N9O6. The molecule has 8 rings (SSSR count). The van der Waals surface area contributed by atoms with Crippen molar-refractivity contribution in [3.05, 3.63) is 115 Å². The molecule has 6 aromatic rings. The predicted octanol–water partition coefficient (Wildman–Crippen LogP) is 9.89. The minimum absolute atomic E-state index is 0.123. The number of hydrogen-bond donors (Lipinski definition) is 5. The number of imidazole rings is 2. The number of likely N-dealkylation sites (tertiary alicyclic amines) is 2. The maximum atomic E-state index is 13.7. The van der Waals surface area contributed by atoms with E-state index in [4.69, 9.17) is 14.7 Å². The van der Waals surface area contributed by atoms with Crippen LogP contribution in [0.1, 0.15) is 103 Å². The van der Waals surface area contributed by atoms with Crippen LogP contribution in [0.4, 0.5) is 9.59 Å². The zero-order valence-electron chi connectivity index (χ0n) is 40.2. The molecule has 4 atom stereocenters. The number of para-hydroxylation sites is 1. The van der Waals surface area contributed by atoms with Crippen molar-refractivity contribution < 1.29 is 29.0 Å². The zero-order valence-corrected chi connectivity index (χ0v) is 40.2. The van der Waals surface area contributed by atoms with Crippen LogP contribution in [0.2, 0.25) is 0 Å². The van der Waals surface area contributed by atoms with Crippen LogP contribution in [0.15, 0.2) is 97.3 Å². The van der Waals surface area contributed by atoms with Crippen LogP contribution >= 0.6 is 0 Å². The number of benzene rings is 3. The van der Waals surface area contributed by atoms with Crippen LogP contribution in [0.25, 0.3) is 50.7 Å². The van der Waals surface area contributed by atoms with Gasteiger partial charge in [0, 0.05) is 42.3 Å². The summed E-state index contributed by atoms with van der Waals surface area (Å²) in [6.45, 7) is 15.3. The number of H-pyrrole nitrogens is 2. The molecule has 0 unspecified atom stereocenters. The first-order valence-electron chi connectivity index (χ1n) is 23.6. The minimum Gasteiger partial charge on any atom is -0.465 e. The molecule has 0 spiro atoms. The molecule has 0 radical (unpaired) electrons. The van der Waals surface area contributed by atoms with E-state index in [1.54, 1.807) is 4.90 Å². The Morgan fingerprint density at radius 2 is 1.10 bits per heavy atom. The second-order valence-corrected chi connectivity index (χ2v) is 19.6. The minimum atomic E-state index is -1.22. The molecule has 2 aliphatic heterocycles. The lowest BCUT2D eigenvalue weighted by Gasteiger charge is -2.29. The highest BCUT2D eigenvalue weighted by atomic mass is 16.5. The van der Waals surface area contributed by atoms with Gasteiger partial charge in [0.05, 0.1) is 42.0 Å². The monoisotopic (exact) mass is 921 g/mol. The standard InChI is InChI=1S/C53H63N9O6/c1-31(2)45(58-51(65)66)49(63)60-27-11-15-43(60)47-54-29-38(56-47)33-17-21-35(22-18-33)40-25-26-41(62(40)42-14-10-9-13-37(42)53(5,6)7)36-23-19-34(20-24-36)39-30-55-48(57-39)44-16-12-28-61(44)50(64)46(32(3)4)59-52(67)68-8/h9-10,13-14,17-26,29-32,43-46,58H,11-12,15-16,27-28H2,1-8H3,(H,54,56)(H,55,57)(H,59,67)(H,65,66)/t43-,44-,45-,46-/m0/s1. The highest BCUT2D eigenvalue weighted by Gasteiger charge is 2.39. The van der Waals surface area contributed by atoms with Gasteiger partial charge in [-0.15, -0.1) is 0 Å². The van der Waals surface area contributed by atoms with Crippen molar-refractivity contribution >= 4 is 24.0 Å². The molecule has 5 N–H and O–H groups in total. The largest absolute Gasteiger partial charge is 0.465 e. The van der Waals surface area contributed by atoms with E-state index in [-0.39, 0.29) is 41.1 Å². The highest BCUT2D eigenvalue weighted by molar-refractivity contribution is 5.87. The number of amides is 4. The molecule has 0 bridgehead atoms. The first kappa shape index (κ1) is 47.3. The van der Waals surface area contributed by atoms with Crippen molar-refractivity contribution in [2.45, 2.75) is 104 Å². The summed E-state index contributed by atoms with van der Waals surface area (Å²) < 4.78 is 7.14. The van der Waals surface area contributed by atoms with Crippen molar-refractivity contribution in [3.8, 4) is 50.7 Å². The topological polar surface area (TPSA) is 191 Å². The molecule has 0 aliphatic carbocycles. The van der Waals surface area contributed by atoms with Crippen molar-refractivity contribution in [1.82, 2.24) is 44.9 Å². The number of carbonyl (C=O) groups excluding carboxylic acids is 3. The highest BCUT2D eigenvalue weighted by Crippen LogP contribution is 2.39. The number of rotatable bonds is 13. The number of aromatic nitrogens is 5. The zero-order chi connectivity index (χ0) is 48.4. The van der Waals surface area contributed by atoms with Gasteiger partial charge < -0.3 is 44.8 Å². The van der Waals surface area contributed by atoms with Gasteiger partial charge in [-0.2, -0.15) is 0 Å². The van der Waals surface area contributed by atoms with Gasteiger partial charge in [0.15, 0.2) is 0 Å². The van der Waals surface area contributed by atoms with Gasteiger partial charge >= 0.3 is 12.2 Å². The molecule has 15 nitrogen and oxygen atoms in total. The van der Waals surface area contributed by atoms with Crippen molar-refractivity contribution in [1.29, 1.82) is 0 Å². The van der Waals surface area contributed by atoms with E-state index in [1.807, 2.05) is 45.0 Å². The third kappa shape index (κ3) is 9.65. The van der Waals surface area contributed by atoms with Crippen LogP contribution in [-0.4, -0.2) is 95.7 Å². The second kappa shape index (κ2) is 19.6. The lowest BCUT2D eigenvalue weighted by molar-refractivity contribution is -0.136. The fourth-order valence-electron chi connectivity index (χ4n) is 9.72. The summed E-state index contributed by atoms with van der Waals surface area (Å²) in [5.41, 5.74) is 9.66. The first-order valence-corrected chi connectivity index (χ1v) is 23.6. The van der Waals surface area contributed by atoms with Gasteiger partial charge in [-0.3, -0.25) is 9.59 Å². The summed E-state index contributed by atoms with van der Waals surface area (Å²) >= 11 is 0. The Morgan fingerprint density at radius 3 is 1.53 bits per heavy atom. The summed E-state index contributed by atoms with van der Waals surface area (Å²) in [6, 6.07) is 27.6. The van der Waals surface area contributed by atoms with E-state index in [0.29, 0.717) is 24.7 Å². The SMILES string of the molecule is COC(=O)N[C@H](C(=O)N1CCC[C@H]1c1nc(-c2ccc(-c3ccc(-c4ccc(-c5c[nH]c([C@@H]6CCCN6C(=O)[C@@H](NC(=O)O)C(C)C)n5)cc4)n3-c3ccccc3C(C)(C)C)cc2)c[nH]1)C(C)C. The summed E-state index contributed by atoms with van der Waals surface area (Å²) in [7, 11) is 1.29. The smallest absolute Gasteiger partial charge is 0.407 e. The fourth-order valence-corrected chi connectivity index (χ4v) is 9.72. The Hall–Kier alpha value is -7.16. The average molecular weight is 922 g/mol. The molecule has 68 heavy (non-hydrogen) atoms. The first-order chi connectivity index (χ1) is 32.5. The molecular weight excluding hydrogens is 859 g/mol. The van der Waals surface area contributed by atoms with Gasteiger partial charge in [-0.1, -0.05) is 115 Å². The lowest BCUT2D eigenvalue weighted by Crippen LogP contribution is -2.51. The van der Waals surface area contributed by atoms with E-state index >= 15 is 0 Å². The molecule has 2 fully saturated rings. The van der Waals surface area contributed by atoms with E-state index in [0.717, 1.165) is 76.4 Å². The molecule has 5 heterocycles. The molecule has 3 aromatic carbocycles. The summed E-state index contributed by atoms with van der Waals surface area (Å²) in [5, 5.41) is 14.5. The van der Waals surface area contributed by atoms with Gasteiger partial charge in [-0.05, 0) is 77.8 Å².